The Bertz CT molecular complexity index is 813. The van der Waals surface area contributed by atoms with Crippen molar-refractivity contribution in [2.24, 2.45) is 35.5 Å². The molecule has 0 aromatic heterocycles. The van der Waals surface area contributed by atoms with E-state index >= 15 is 0 Å². The summed E-state index contributed by atoms with van der Waals surface area (Å²) in [5.74, 6) is 3.45. The van der Waals surface area contributed by atoms with Crippen LogP contribution in [0.15, 0.2) is 0 Å². The van der Waals surface area contributed by atoms with Crippen LogP contribution in [-0.2, 0) is 23.8 Å². The SMILES string of the molecule is CC(C)CCC(COC(=O)CCCCCCCCCC(CCCCCCCCCC(=O)OCC(CCC(C)C)C(C)C)OCCCCN(C)C(C)C)C(C)C. The Kier molecular flexibility index (Phi) is 35.2. The number of unbranched alkanes of at least 4 members (excludes halogenated alkanes) is 13. The van der Waals surface area contributed by atoms with Crippen LogP contribution in [0.5, 0.6) is 0 Å². The Morgan fingerprint density at radius 2 is 0.836 bits per heavy atom. The molecule has 0 bridgehead atoms. The minimum Gasteiger partial charge on any atom is -0.465 e. The Morgan fingerprint density at radius 1 is 0.455 bits per heavy atom. The van der Waals surface area contributed by atoms with Gasteiger partial charge in [0.1, 0.15) is 0 Å². The van der Waals surface area contributed by atoms with E-state index in [0.717, 1.165) is 58.1 Å². The predicted octanol–water partition coefficient (Wildman–Crippen LogP) is 14.0. The highest BCUT2D eigenvalue weighted by atomic mass is 16.5. The minimum atomic E-state index is -0.00916. The van der Waals surface area contributed by atoms with E-state index in [9.17, 15) is 9.59 Å². The van der Waals surface area contributed by atoms with Crippen molar-refractivity contribution < 1.29 is 23.8 Å². The summed E-state index contributed by atoms with van der Waals surface area (Å²) >= 11 is 0. The summed E-state index contributed by atoms with van der Waals surface area (Å²) in [5.41, 5.74) is 0. The van der Waals surface area contributed by atoms with Gasteiger partial charge in [-0.2, -0.15) is 0 Å². The summed E-state index contributed by atoms with van der Waals surface area (Å²) in [6.45, 7) is 25.7. The van der Waals surface area contributed by atoms with Crippen molar-refractivity contribution in [1.82, 2.24) is 4.90 Å². The maximum atomic E-state index is 12.3. The fourth-order valence-electron chi connectivity index (χ4n) is 7.19. The van der Waals surface area contributed by atoms with Crippen molar-refractivity contribution in [3.63, 3.8) is 0 Å². The lowest BCUT2D eigenvalue weighted by Gasteiger charge is -2.21. The van der Waals surface area contributed by atoms with Crippen LogP contribution in [0.2, 0.25) is 0 Å². The largest absolute Gasteiger partial charge is 0.465 e. The highest BCUT2D eigenvalue weighted by Crippen LogP contribution is 2.23. The van der Waals surface area contributed by atoms with Crippen molar-refractivity contribution in [1.29, 1.82) is 0 Å². The lowest BCUT2D eigenvalue weighted by atomic mass is 9.89. The molecule has 0 aliphatic rings. The van der Waals surface area contributed by atoms with Crippen molar-refractivity contribution in [2.45, 2.75) is 235 Å². The van der Waals surface area contributed by atoms with Crippen LogP contribution >= 0.6 is 0 Å². The molecule has 0 heterocycles. The summed E-state index contributed by atoms with van der Waals surface area (Å²) in [7, 11) is 2.22. The van der Waals surface area contributed by atoms with Gasteiger partial charge in [0.05, 0.1) is 19.3 Å². The fraction of sp³-hybridized carbons (Fsp3) is 0.959. The number of nitrogens with zero attached hydrogens (tertiary/aromatic N) is 1. The Balaban J connectivity index is 4.23. The third-order valence-electron chi connectivity index (χ3n) is 12.0. The zero-order valence-corrected chi connectivity index (χ0v) is 38.9. The second-order valence-electron chi connectivity index (χ2n) is 19.1. The molecule has 0 aliphatic heterocycles. The van der Waals surface area contributed by atoms with Gasteiger partial charge in [0, 0.05) is 25.5 Å². The molecular weight excluding hydrogens is 683 g/mol. The topological polar surface area (TPSA) is 65.1 Å². The van der Waals surface area contributed by atoms with Crippen molar-refractivity contribution in [3.8, 4) is 0 Å². The van der Waals surface area contributed by atoms with Gasteiger partial charge in [-0.25, -0.2) is 0 Å². The molecule has 6 heteroatoms. The fourth-order valence-corrected chi connectivity index (χ4v) is 7.19. The minimum absolute atomic E-state index is 0.00916. The van der Waals surface area contributed by atoms with Gasteiger partial charge in [-0.1, -0.05) is 145 Å². The molecule has 0 aliphatic carbocycles. The van der Waals surface area contributed by atoms with E-state index in [0.29, 0.717) is 73.7 Å². The molecule has 0 saturated heterocycles. The molecule has 0 fully saturated rings. The molecule has 0 aromatic carbocycles. The van der Waals surface area contributed by atoms with Crippen LogP contribution in [0.3, 0.4) is 0 Å². The monoisotopic (exact) mass is 780 g/mol. The van der Waals surface area contributed by atoms with Gasteiger partial charge in [0.25, 0.3) is 0 Å². The van der Waals surface area contributed by atoms with Crippen molar-refractivity contribution >= 4 is 11.9 Å². The average molecular weight is 780 g/mol. The van der Waals surface area contributed by atoms with E-state index in [4.69, 9.17) is 14.2 Å². The highest BCUT2D eigenvalue weighted by Gasteiger charge is 2.18. The first-order valence-corrected chi connectivity index (χ1v) is 23.9. The number of rotatable bonds is 39. The van der Waals surface area contributed by atoms with Crippen LogP contribution in [0.25, 0.3) is 0 Å². The smallest absolute Gasteiger partial charge is 0.305 e. The number of esters is 2. The molecule has 328 valence electrons. The van der Waals surface area contributed by atoms with Gasteiger partial charge < -0.3 is 19.1 Å². The third kappa shape index (κ3) is 34.6. The normalized spacial score (nSPS) is 13.8. The first-order valence-electron chi connectivity index (χ1n) is 23.9. The summed E-state index contributed by atoms with van der Waals surface area (Å²) in [6, 6.07) is 0.598. The van der Waals surface area contributed by atoms with Crippen LogP contribution < -0.4 is 0 Å². The third-order valence-corrected chi connectivity index (χ3v) is 12.0. The molecule has 0 rings (SSSR count). The molecule has 0 N–H and O–H groups in total. The summed E-state index contributed by atoms with van der Waals surface area (Å²) in [5, 5.41) is 0. The predicted molar refractivity (Wildman–Crippen MR) is 237 cm³/mol. The van der Waals surface area contributed by atoms with Gasteiger partial charge in [-0.3, -0.25) is 9.59 Å². The van der Waals surface area contributed by atoms with E-state index in [1.54, 1.807) is 0 Å². The maximum Gasteiger partial charge on any atom is 0.305 e. The maximum absolute atomic E-state index is 12.3. The zero-order valence-electron chi connectivity index (χ0n) is 38.9. The lowest BCUT2D eigenvalue weighted by Crippen LogP contribution is -2.27. The van der Waals surface area contributed by atoms with Gasteiger partial charge in [0.2, 0.25) is 0 Å². The number of hydrogen-bond acceptors (Lipinski definition) is 6. The van der Waals surface area contributed by atoms with Gasteiger partial charge in [0.15, 0.2) is 0 Å². The standard InChI is InChI=1S/C49H97NO5/c1-40(2)32-34-45(42(5)6)38-54-48(51)30-24-20-16-12-14-18-22-28-47(53-37-27-26-36-50(11)44(9)10)29-23-19-15-13-17-21-25-31-49(52)55-39-46(43(7)8)35-33-41(3)4/h40-47H,12-39H2,1-11H3. The van der Waals surface area contributed by atoms with Crippen LogP contribution in [-0.4, -0.2) is 62.4 Å². The van der Waals surface area contributed by atoms with Crippen molar-refractivity contribution in [2.75, 3.05) is 33.4 Å². The molecular formula is C49H97NO5. The lowest BCUT2D eigenvalue weighted by molar-refractivity contribution is -0.146. The molecule has 2 atom stereocenters. The average Bonchev–Trinajstić information content (AvgIpc) is 3.11. The number of hydrogen-bond donors (Lipinski definition) is 0. The van der Waals surface area contributed by atoms with Gasteiger partial charge in [-0.05, 0) is 114 Å². The summed E-state index contributed by atoms with van der Waals surface area (Å²) < 4.78 is 17.8. The number of ether oxygens (including phenoxy) is 3. The van der Waals surface area contributed by atoms with Crippen LogP contribution in [0.1, 0.15) is 223 Å². The van der Waals surface area contributed by atoms with Gasteiger partial charge in [-0.15, -0.1) is 0 Å². The second kappa shape index (κ2) is 36.0. The molecule has 0 aromatic rings. The van der Waals surface area contributed by atoms with E-state index in [1.807, 2.05) is 0 Å². The Morgan fingerprint density at radius 3 is 1.20 bits per heavy atom. The zero-order chi connectivity index (χ0) is 41.3. The first-order chi connectivity index (χ1) is 26.2. The van der Waals surface area contributed by atoms with E-state index in [-0.39, 0.29) is 11.9 Å². The number of carbonyl (C=O) groups is 2. The summed E-state index contributed by atoms with van der Waals surface area (Å²) in [4.78, 5) is 27.1. The molecule has 0 spiro atoms. The van der Waals surface area contributed by atoms with E-state index in [2.05, 4.69) is 81.2 Å². The van der Waals surface area contributed by atoms with E-state index < -0.39 is 0 Å². The highest BCUT2D eigenvalue weighted by molar-refractivity contribution is 5.69. The van der Waals surface area contributed by atoms with Crippen molar-refractivity contribution in [3.05, 3.63) is 0 Å². The molecule has 6 nitrogen and oxygen atoms in total. The Hall–Kier alpha value is -1.14. The van der Waals surface area contributed by atoms with E-state index in [1.165, 1.54) is 96.3 Å². The quantitative estimate of drug-likeness (QED) is 0.0457. The molecule has 55 heavy (non-hydrogen) atoms. The van der Waals surface area contributed by atoms with Gasteiger partial charge >= 0.3 is 11.9 Å². The molecule has 2 unspecified atom stereocenters. The second-order valence-corrected chi connectivity index (χ2v) is 19.1. The van der Waals surface area contributed by atoms with Crippen LogP contribution in [0.4, 0.5) is 0 Å². The molecule has 0 radical (unpaired) electrons. The molecule has 0 amide bonds. The summed E-state index contributed by atoms with van der Waals surface area (Å²) in [6.07, 6.45) is 27.6. The Labute approximate surface area is 344 Å². The van der Waals surface area contributed by atoms with Crippen LogP contribution in [0, 0.1) is 35.5 Å². The number of carbonyl (C=O) groups excluding carboxylic acids is 2. The molecule has 0 saturated carbocycles. The first kappa shape index (κ1) is 53.9.